The van der Waals surface area contributed by atoms with Crippen molar-refractivity contribution in [2.45, 2.75) is 25.2 Å². The van der Waals surface area contributed by atoms with Crippen molar-refractivity contribution in [3.8, 4) is 5.82 Å². The van der Waals surface area contributed by atoms with Crippen LogP contribution in [0.2, 0.25) is 0 Å². The summed E-state index contributed by atoms with van der Waals surface area (Å²) in [4.78, 5) is 21.4. The summed E-state index contributed by atoms with van der Waals surface area (Å²) in [6, 6.07) is 12.0. The van der Waals surface area contributed by atoms with Crippen molar-refractivity contribution >= 4 is 11.7 Å². The Morgan fingerprint density at radius 2 is 1.86 bits per heavy atom. The first-order valence-corrected chi connectivity index (χ1v) is 9.34. The fourth-order valence-electron chi connectivity index (χ4n) is 3.34. The predicted molar refractivity (Wildman–Crippen MR) is 105 cm³/mol. The summed E-state index contributed by atoms with van der Waals surface area (Å²) in [5.41, 5.74) is 0.378. The number of rotatable bonds is 7. The predicted octanol–water partition coefficient (Wildman–Crippen LogP) is 2.97. The third kappa shape index (κ3) is 3.74. The van der Waals surface area contributed by atoms with Gasteiger partial charge in [0.2, 0.25) is 5.91 Å². The lowest BCUT2D eigenvalue weighted by Gasteiger charge is -2.16. The van der Waals surface area contributed by atoms with Gasteiger partial charge in [-0.3, -0.25) is 4.79 Å². The highest BCUT2D eigenvalue weighted by atomic mass is 19.1. The van der Waals surface area contributed by atoms with Gasteiger partial charge in [0.15, 0.2) is 0 Å². The zero-order valence-electron chi connectivity index (χ0n) is 15.7. The number of halogens is 1. The van der Waals surface area contributed by atoms with Crippen LogP contribution in [0.25, 0.3) is 5.82 Å². The molecule has 28 heavy (non-hydrogen) atoms. The van der Waals surface area contributed by atoms with Crippen LogP contribution in [-0.2, 0) is 10.2 Å². The molecule has 6 nitrogen and oxygen atoms in total. The number of benzene rings is 1. The molecule has 1 saturated carbocycles. The molecule has 1 aliphatic carbocycles. The number of amides is 1. The molecule has 0 saturated heterocycles. The molecular formula is C21H22FN5O. The van der Waals surface area contributed by atoms with Crippen molar-refractivity contribution in [3.63, 3.8) is 0 Å². The van der Waals surface area contributed by atoms with Crippen molar-refractivity contribution in [1.82, 2.24) is 19.9 Å². The number of anilines is 1. The second-order valence-corrected chi connectivity index (χ2v) is 7.02. The van der Waals surface area contributed by atoms with Gasteiger partial charge >= 0.3 is 0 Å². The summed E-state index contributed by atoms with van der Waals surface area (Å²) in [5.74, 6) is 1.88. The minimum atomic E-state index is -0.499. The van der Waals surface area contributed by atoms with Gasteiger partial charge in [-0.1, -0.05) is 12.1 Å². The largest absolute Gasteiger partial charge is 0.368 e. The standard InChI is InChI=1S/C21H22FN5O/c1-15-25-18(14-19(26-15)27-12-2-3-13-27)23-10-11-24-20(28)21(8-9-21)16-4-6-17(22)7-5-16/h2-7,12-14H,8-11H2,1H3,(H,24,28)(H,23,25,26). The van der Waals surface area contributed by atoms with Crippen LogP contribution < -0.4 is 10.6 Å². The number of hydrogen-bond donors (Lipinski definition) is 2. The fraction of sp³-hybridized carbons (Fsp3) is 0.286. The third-order valence-electron chi connectivity index (χ3n) is 4.99. The lowest BCUT2D eigenvalue weighted by Crippen LogP contribution is -2.37. The molecule has 0 bridgehead atoms. The lowest BCUT2D eigenvalue weighted by molar-refractivity contribution is -0.123. The number of hydrogen-bond acceptors (Lipinski definition) is 4. The first-order valence-electron chi connectivity index (χ1n) is 9.34. The van der Waals surface area contributed by atoms with Gasteiger partial charge in [0, 0.05) is 31.5 Å². The molecule has 2 aromatic heterocycles. The monoisotopic (exact) mass is 379 g/mol. The highest BCUT2D eigenvalue weighted by Gasteiger charge is 2.50. The third-order valence-corrected chi connectivity index (χ3v) is 4.99. The van der Waals surface area contributed by atoms with E-state index in [0.717, 1.165) is 24.2 Å². The van der Waals surface area contributed by atoms with E-state index in [2.05, 4.69) is 20.6 Å². The molecule has 7 heteroatoms. The Bertz CT molecular complexity index is 965. The van der Waals surface area contributed by atoms with Crippen LogP contribution in [0.1, 0.15) is 24.2 Å². The Morgan fingerprint density at radius 3 is 2.54 bits per heavy atom. The van der Waals surface area contributed by atoms with Gasteiger partial charge in [-0.15, -0.1) is 0 Å². The minimum Gasteiger partial charge on any atom is -0.368 e. The average molecular weight is 379 g/mol. The quantitative estimate of drug-likeness (QED) is 0.619. The second-order valence-electron chi connectivity index (χ2n) is 7.02. The van der Waals surface area contributed by atoms with Crippen molar-refractivity contribution in [1.29, 1.82) is 0 Å². The summed E-state index contributed by atoms with van der Waals surface area (Å²) >= 11 is 0. The van der Waals surface area contributed by atoms with Crippen LogP contribution in [-0.4, -0.2) is 33.5 Å². The molecule has 1 aromatic carbocycles. The van der Waals surface area contributed by atoms with Gasteiger partial charge < -0.3 is 15.2 Å². The van der Waals surface area contributed by atoms with Gasteiger partial charge in [-0.05, 0) is 49.6 Å². The molecule has 0 unspecified atom stereocenters. The van der Waals surface area contributed by atoms with E-state index in [9.17, 15) is 9.18 Å². The Labute approximate surface area is 162 Å². The molecule has 1 amide bonds. The van der Waals surface area contributed by atoms with E-state index in [1.165, 1.54) is 12.1 Å². The van der Waals surface area contributed by atoms with E-state index in [1.54, 1.807) is 12.1 Å². The summed E-state index contributed by atoms with van der Waals surface area (Å²) in [7, 11) is 0. The molecule has 4 rings (SSSR count). The van der Waals surface area contributed by atoms with Gasteiger partial charge in [-0.25, -0.2) is 14.4 Å². The van der Waals surface area contributed by atoms with E-state index in [0.29, 0.717) is 24.7 Å². The molecule has 0 aliphatic heterocycles. The van der Waals surface area contributed by atoms with E-state index >= 15 is 0 Å². The van der Waals surface area contributed by atoms with Gasteiger partial charge in [0.1, 0.15) is 23.3 Å². The maximum atomic E-state index is 13.1. The Hall–Kier alpha value is -3.22. The van der Waals surface area contributed by atoms with Crippen LogP contribution in [0.3, 0.4) is 0 Å². The molecule has 0 atom stereocenters. The maximum Gasteiger partial charge on any atom is 0.230 e. The van der Waals surface area contributed by atoms with Crippen molar-refractivity contribution in [3.05, 3.63) is 72.1 Å². The second kappa shape index (κ2) is 7.42. The summed E-state index contributed by atoms with van der Waals surface area (Å²) in [5, 5.41) is 6.22. The topological polar surface area (TPSA) is 71.8 Å². The Balaban J connectivity index is 1.32. The van der Waals surface area contributed by atoms with Gasteiger partial charge in [0.25, 0.3) is 0 Å². The molecule has 144 valence electrons. The average Bonchev–Trinajstić information content (AvgIpc) is 3.31. The normalized spacial score (nSPS) is 14.5. The zero-order valence-corrected chi connectivity index (χ0v) is 15.7. The molecule has 0 radical (unpaired) electrons. The van der Waals surface area contributed by atoms with E-state index < -0.39 is 5.41 Å². The summed E-state index contributed by atoms with van der Waals surface area (Å²) < 4.78 is 15.0. The van der Waals surface area contributed by atoms with Crippen molar-refractivity contribution < 1.29 is 9.18 Å². The van der Waals surface area contributed by atoms with Crippen LogP contribution in [0.4, 0.5) is 10.2 Å². The smallest absolute Gasteiger partial charge is 0.230 e. The Kier molecular flexibility index (Phi) is 4.81. The molecule has 3 aromatic rings. The number of nitrogens with one attached hydrogen (secondary N) is 2. The van der Waals surface area contributed by atoms with Gasteiger partial charge in [0.05, 0.1) is 5.41 Å². The zero-order chi connectivity index (χ0) is 19.6. The molecule has 2 N–H and O–H groups in total. The number of aryl methyl sites for hydroxylation is 1. The molecule has 2 heterocycles. The number of carbonyl (C=O) groups is 1. The molecule has 1 aliphatic rings. The minimum absolute atomic E-state index is 0.00666. The molecular weight excluding hydrogens is 357 g/mol. The lowest BCUT2D eigenvalue weighted by atomic mass is 9.95. The summed E-state index contributed by atoms with van der Waals surface area (Å²) in [6.07, 6.45) is 5.44. The van der Waals surface area contributed by atoms with Crippen LogP contribution in [0.5, 0.6) is 0 Å². The first-order chi connectivity index (χ1) is 13.6. The van der Waals surface area contributed by atoms with E-state index in [-0.39, 0.29) is 11.7 Å². The SMILES string of the molecule is Cc1nc(NCCNC(=O)C2(c3ccc(F)cc3)CC2)cc(-n2cccc2)n1. The fourth-order valence-corrected chi connectivity index (χ4v) is 3.34. The van der Waals surface area contributed by atoms with Crippen molar-refractivity contribution in [2.75, 3.05) is 18.4 Å². The van der Waals surface area contributed by atoms with Crippen molar-refractivity contribution in [2.24, 2.45) is 0 Å². The van der Waals surface area contributed by atoms with Crippen LogP contribution in [0, 0.1) is 12.7 Å². The van der Waals surface area contributed by atoms with Crippen LogP contribution in [0.15, 0.2) is 54.9 Å². The number of nitrogens with zero attached hydrogens (tertiary/aromatic N) is 3. The molecule has 0 spiro atoms. The van der Waals surface area contributed by atoms with E-state index in [1.807, 2.05) is 42.1 Å². The number of aromatic nitrogens is 3. The van der Waals surface area contributed by atoms with E-state index in [4.69, 9.17) is 0 Å². The Morgan fingerprint density at radius 1 is 1.14 bits per heavy atom. The first kappa shape index (κ1) is 18.2. The highest BCUT2D eigenvalue weighted by Crippen LogP contribution is 2.48. The van der Waals surface area contributed by atoms with Crippen LogP contribution >= 0.6 is 0 Å². The number of carbonyl (C=O) groups excluding carboxylic acids is 1. The van der Waals surface area contributed by atoms with Gasteiger partial charge in [-0.2, -0.15) is 0 Å². The summed E-state index contributed by atoms with van der Waals surface area (Å²) in [6.45, 7) is 2.87. The maximum absolute atomic E-state index is 13.1. The molecule has 1 fully saturated rings. The highest BCUT2D eigenvalue weighted by molar-refractivity contribution is 5.91.